The number of rotatable bonds is 4. The minimum atomic E-state index is 0.0774. The number of hydrogen-bond donors (Lipinski definition) is 1. The lowest BCUT2D eigenvalue weighted by atomic mass is 9.78. The van der Waals surface area contributed by atoms with Gasteiger partial charge in [0.1, 0.15) is 0 Å². The van der Waals surface area contributed by atoms with Crippen molar-refractivity contribution in [2.24, 2.45) is 23.5 Å². The molecule has 0 amide bonds. The van der Waals surface area contributed by atoms with Gasteiger partial charge in [0.25, 0.3) is 0 Å². The van der Waals surface area contributed by atoms with Crippen LogP contribution >= 0.6 is 0 Å². The van der Waals surface area contributed by atoms with Crippen molar-refractivity contribution in [2.75, 3.05) is 19.8 Å². The zero-order valence-corrected chi connectivity index (χ0v) is 10.4. The molecule has 1 aliphatic rings. The maximum absolute atomic E-state index is 6.29. The molecular weight excluding hydrogens is 190 g/mol. The van der Waals surface area contributed by atoms with Crippen LogP contribution in [0.4, 0.5) is 0 Å². The van der Waals surface area contributed by atoms with Crippen LogP contribution in [0, 0.1) is 17.8 Å². The van der Waals surface area contributed by atoms with Crippen LogP contribution < -0.4 is 5.73 Å². The summed E-state index contributed by atoms with van der Waals surface area (Å²) >= 11 is 0. The molecule has 0 aromatic rings. The molecule has 3 nitrogen and oxygen atoms in total. The summed E-state index contributed by atoms with van der Waals surface area (Å²) in [4.78, 5) is 0. The van der Waals surface area contributed by atoms with E-state index in [2.05, 4.69) is 27.7 Å². The zero-order chi connectivity index (χ0) is 11.4. The van der Waals surface area contributed by atoms with Crippen LogP contribution in [0.1, 0.15) is 27.7 Å². The summed E-state index contributed by atoms with van der Waals surface area (Å²) in [7, 11) is 0. The zero-order valence-electron chi connectivity index (χ0n) is 10.4. The second kappa shape index (κ2) is 5.83. The van der Waals surface area contributed by atoms with Crippen molar-refractivity contribution in [3.8, 4) is 0 Å². The lowest BCUT2D eigenvalue weighted by Gasteiger charge is -2.37. The van der Waals surface area contributed by atoms with Crippen LogP contribution in [0.5, 0.6) is 0 Å². The van der Waals surface area contributed by atoms with E-state index in [0.717, 1.165) is 0 Å². The molecule has 2 N–H and O–H groups in total. The van der Waals surface area contributed by atoms with Crippen LogP contribution in [0.25, 0.3) is 0 Å². The Bertz CT molecular complexity index is 168. The third-order valence-corrected chi connectivity index (χ3v) is 3.26. The molecule has 1 fully saturated rings. The van der Waals surface area contributed by atoms with Gasteiger partial charge in [0, 0.05) is 6.04 Å². The van der Waals surface area contributed by atoms with E-state index in [0.29, 0.717) is 37.6 Å². The molecule has 1 saturated heterocycles. The van der Waals surface area contributed by atoms with E-state index in [-0.39, 0.29) is 12.1 Å². The van der Waals surface area contributed by atoms with Crippen molar-refractivity contribution >= 4 is 0 Å². The molecule has 0 spiro atoms. The Hall–Kier alpha value is -0.120. The van der Waals surface area contributed by atoms with Gasteiger partial charge in [-0.2, -0.15) is 0 Å². The van der Waals surface area contributed by atoms with Crippen molar-refractivity contribution in [3.63, 3.8) is 0 Å². The Balaban J connectivity index is 2.57. The molecule has 1 rings (SSSR count). The van der Waals surface area contributed by atoms with Crippen LogP contribution in [0.2, 0.25) is 0 Å². The number of ether oxygens (including phenoxy) is 2. The van der Waals surface area contributed by atoms with E-state index in [1.54, 1.807) is 0 Å². The Morgan fingerprint density at radius 3 is 2.07 bits per heavy atom. The third kappa shape index (κ3) is 3.44. The highest BCUT2D eigenvalue weighted by molar-refractivity contribution is 4.85. The van der Waals surface area contributed by atoms with Gasteiger partial charge in [-0.15, -0.1) is 0 Å². The minimum Gasteiger partial charge on any atom is -0.376 e. The summed E-state index contributed by atoms with van der Waals surface area (Å²) in [5.41, 5.74) is 6.29. The van der Waals surface area contributed by atoms with Crippen molar-refractivity contribution < 1.29 is 9.47 Å². The molecule has 0 radical (unpaired) electrons. The highest BCUT2D eigenvalue weighted by Gasteiger charge is 2.32. The van der Waals surface area contributed by atoms with Gasteiger partial charge in [-0.05, 0) is 17.8 Å². The number of nitrogens with two attached hydrogens (primary N) is 1. The molecule has 0 aromatic heterocycles. The monoisotopic (exact) mass is 215 g/mol. The van der Waals surface area contributed by atoms with Crippen LogP contribution in [-0.4, -0.2) is 32.0 Å². The fourth-order valence-corrected chi connectivity index (χ4v) is 2.63. The third-order valence-electron chi connectivity index (χ3n) is 3.26. The van der Waals surface area contributed by atoms with E-state index >= 15 is 0 Å². The predicted molar refractivity (Wildman–Crippen MR) is 61.7 cm³/mol. The smallest absolute Gasteiger partial charge is 0.0962 e. The quantitative estimate of drug-likeness (QED) is 0.775. The standard InChI is InChI=1S/C12H25NO2/c1-8(2)11(9(3)4)12(13)10-7-14-5-6-15-10/h8-12H,5-7,13H2,1-4H3. The van der Waals surface area contributed by atoms with E-state index in [1.807, 2.05) is 0 Å². The van der Waals surface area contributed by atoms with E-state index in [4.69, 9.17) is 15.2 Å². The second-order valence-corrected chi connectivity index (χ2v) is 5.13. The average Bonchev–Trinajstić information content (AvgIpc) is 2.18. The molecule has 0 aliphatic carbocycles. The minimum absolute atomic E-state index is 0.0774. The van der Waals surface area contributed by atoms with Gasteiger partial charge in [-0.25, -0.2) is 0 Å². The van der Waals surface area contributed by atoms with Crippen LogP contribution in [0.3, 0.4) is 0 Å². The first-order valence-corrected chi connectivity index (χ1v) is 5.99. The lowest BCUT2D eigenvalue weighted by molar-refractivity contribution is -0.108. The Morgan fingerprint density at radius 1 is 1.07 bits per heavy atom. The van der Waals surface area contributed by atoms with Crippen molar-refractivity contribution in [1.29, 1.82) is 0 Å². The van der Waals surface area contributed by atoms with Gasteiger partial charge >= 0.3 is 0 Å². The van der Waals surface area contributed by atoms with Gasteiger partial charge in [-0.3, -0.25) is 0 Å². The maximum atomic E-state index is 6.29. The summed E-state index contributed by atoms with van der Waals surface area (Å²) in [5, 5.41) is 0. The predicted octanol–water partition coefficient (Wildman–Crippen LogP) is 1.66. The molecule has 0 bridgehead atoms. The molecule has 1 heterocycles. The molecule has 2 atom stereocenters. The van der Waals surface area contributed by atoms with Gasteiger partial charge in [0.05, 0.1) is 25.9 Å². The summed E-state index contributed by atoms with van der Waals surface area (Å²) in [6.07, 6.45) is 0.0774. The first-order valence-electron chi connectivity index (χ1n) is 5.99. The SMILES string of the molecule is CC(C)C(C(C)C)C(N)C1COCCO1. The van der Waals surface area contributed by atoms with Crippen LogP contribution in [0.15, 0.2) is 0 Å². The first kappa shape index (κ1) is 12.9. The highest BCUT2D eigenvalue weighted by atomic mass is 16.6. The summed E-state index contributed by atoms with van der Waals surface area (Å²) in [6.45, 7) is 11.0. The van der Waals surface area contributed by atoms with E-state index in [9.17, 15) is 0 Å². The summed E-state index contributed by atoms with van der Waals surface area (Å²) < 4.78 is 11.1. The van der Waals surface area contributed by atoms with Crippen molar-refractivity contribution in [2.45, 2.75) is 39.8 Å². The fourth-order valence-electron chi connectivity index (χ4n) is 2.63. The lowest BCUT2D eigenvalue weighted by Crippen LogP contribution is -2.50. The molecule has 2 unspecified atom stereocenters. The molecular formula is C12H25NO2. The molecule has 15 heavy (non-hydrogen) atoms. The maximum Gasteiger partial charge on any atom is 0.0962 e. The van der Waals surface area contributed by atoms with Crippen molar-refractivity contribution in [1.82, 2.24) is 0 Å². The molecule has 3 heteroatoms. The van der Waals surface area contributed by atoms with E-state index < -0.39 is 0 Å². The van der Waals surface area contributed by atoms with Gasteiger partial charge in [0.2, 0.25) is 0 Å². The molecule has 1 aliphatic heterocycles. The number of hydrogen-bond acceptors (Lipinski definition) is 3. The highest BCUT2D eigenvalue weighted by Crippen LogP contribution is 2.26. The summed E-state index contributed by atoms with van der Waals surface area (Å²) in [5.74, 6) is 1.67. The van der Waals surface area contributed by atoms with E-state index in [1.165, 1.54) is 0 Å². The first-order chi connectivity index (χ1) is 7.04. The second-order valence-electron chi connectivity index (χ2n) is 5.13. The Morgan fingerprint density at radius 2 is 1.67 bits per heavy atom. The Labute approximate surface area is 93.3 Å². The Kier molecular flexibility index (Phi) is 5.03. The molecule has 0 saturated carbocycles. The molecule has 90 valence electrons. The van der Waals surface area contributed by atoms with Gasteiger partial charge in [0.15, 0.2) is 0 Å². The fraction of sp³-hybridized carbons (Fsp3) is 1.00. The van der Waals surface area contributed by atoms with Gasteiger partial charge in [-0.1, -0.05) is 27.7 Å². The average molecular weight is 215 g/mol. The van der Waals surface area contributed by atoms with Crippen molar-refractivity contribution in [3.05, 3.63) is 0 Å². The largest absolute Gasteiger partial charge is 0.376 e. The summed E-state index contributed by atoms with van der Waals surface area (Å²) in [6, 6.07) is 0.0882. The van der Waals surface area contributed by atoms with Gasteiger partial charge < -0.3 is 15.2 Å². The topological polar surface area (TPSA) is 44.5 Å². The normalized spacial score (nSPS) is 25.2. The molecule has 0 aromatic carbocycles. The van der Waals surface area contributed by atoms with Crippen LogP contribution in [-0.2, 0) is 9.47 Å².